The molecule has 0 amide bonds. The second kappa shape index (κ2) is 6.45. The molecule has 4 nitrogen and oxygen atoms in total. The van der Waals surface area contributed by atoms with Crippen molar-refractivity contribution < 1.29 is 14.6 Å². The van der Waals surface area contributed by atoms with Crippen molar-refractivity contribution >= 4 is 21.9 Å². The van der Waals surface area contributed by atoms with Gasteiger partial charge in [0.2, 0.25) is 0 Å². The number of ether oxygens (including phenoxy) is 1. The van der Waals surface area contributed by atoms with Crippen LogP contribution in [0.5, 0.6) is 0 Å². The fraction of sp³-hybridized carbons (Fsp3) is 0.143. The normalized spacial score (nSPS) is 10.4. The number of hydrogen-bond donors (Lipinski definition) is 1. The van der Waals surface area contributed by atoms with E-state index in [0.29, 0.717) is 12.3 Å². The number of hydrogen-bond acceptors (Lipinski definition) is 3. The Kier molecular flexibility index (Phi) is 4.65. The summed E-state index contributed by atoms with van der Waals surface area (Å²) >= 11 is 3.37. The Morgan fingerprint density at radius 3 is 2.58 bits per heavy atom. The Balaban J connectivity index is 1.90. The molecule has 2 rings (SSSR count). The van der Waals surface area contributed by atoms with Crippen LogP contribution in [0.15, 0.2) is 46.9 Å². The smallest absolute Gasteiger partial charge is 0.354 e. The quantitative estimate of drug-likeness (QED) is 0.918. The van der Waals surface area contributed by atoms with E-state index in [0.717, 1.165) is 10.0 Å². The molecule has 0 aliphatic rings. The Hall–Kier alpha value is -1.72. The molecule has 0 fully saturated rings. The standard InChI is InChI=1S/C14H12BrNO3/c15-11-6-4-10(5-7-11)8-19-9-12-2-1-3-13(16-12)14(17)18/h1-7H,8-9H2,(H,17,18). The van der Waals surface area contributed by atoms with Crippen LogP contribution in [0.3, 0.4) is 0 Å². The molecule has 19 heavy (non-hydrogen) atoms. The highest BCUT2D eigenvalue weighted by Gasteiger charge is 2.05. The number of rotatable bonds is 5. The fourth-order valence-electron chi connectivity index (χ4n) is 1.53. The Morgan fingerprint density at radius 1 is 1.16 bits per heavy atom. The Bertz CT molecular complexity index is 569. The van der Waals surface area contributed by atoms with E-state index in [4.69, 9.17) is 9.84 Å². The van der Waals surface area contributed by atoms with Crippen molar-refractivity contribution in [1.82, 2.24) is 4.98 Å². The molecule has 0 aliphatic carbocycles. The number of halogens is 1. The first kappa shape index (κ1) is 13.7. The van der Waals surface area contributed by atoms with Gasteiger partial charge < -0.3 is 9.84 Å². The number of pyridine rings is 1. The molecule has 1 aromatic heterocycles. The SMILES string of the molecule is O=C(O)c1cccc(COCc2ccc(Br)cc2)n1. The zero-order chi connectivity index (χ0) is 13.7. The fourth-order valence-corrected chi connectivity index (χ4v) is 1.80. The van der Waals surface area contributed by atoms with Gasteiger partial charge in [-0.15, -0.1) is 0 Å². The monoisotopic (exact) mass is 321 g/mol. The maximum atomic E-state index is 10.8. The summed E-state index contributed by atoms with van der Waals surface area (Å²) < 4.78 is 6.53. The van der Waals surface area contributed by atoms with Crippen LogP contribution in [-0.4, -0.2) is 16.1 Å². The van der Waals surface area contributed by atoms with Crippen molar-refractivity contribution in [2.45, 2.75) is 13.2 Å². The van der Waals surface area contributed by atoms with Gasteiger partial charge in [0.25, 0.3) is 0 Å². The Morgan fingerprint density at radius 2 is 1.89 bits per heavy atom. The Labute approximate surface area is 119 Å². The van der Waals surface area contributed by atoms with Crippen LogP contribution in [0.2, 0.25) is 0 Å². The van der Waals surface area contributed by atoms with Crippen LogP contribution in [0.4, 0.5) is 0 Å². The average Bonchev–Trinajstić information content (AvgIpc) is 2.41. The van der Waals surface area contributed by atoms with Gasteiger partial charge in [-0.25, -0.2) is 9.78 Å². The number of aromatic carboxylic acids is 1. The van der Waals surface area contributed by atoms with Crippen molar-refractivity contribution in [3.63, 3.8) is 0 Å². The molecule has 0 spiro atoms. The summed E-state index contributed by atoms with van der Waals surface area (Å²) in [7, 11) is 0. The lowest BCUT2D eigenvalue weighted by Gasteiger charge is -2.05. The number of carboxylic acids is 1. The highest BCUT2D eigenvalue weighted by Crippen LogP contribution is 2.12. The molecule has 1 N–H and O–H groups in total. The minimum absolute atomic E-state index is 0.0322. The second-order valence-corrected chi connectivity index (χ2v) is 4.85. The van der Waals surface area contributed by atoms with Crippen LogP contribution >= 0.6 is 15.9 Å². The van der Waals surface area contributed by atoms with Crippen molar-refractivity contribution in [1.29, 1.82) is 0 Å². The van der Waals surface area contributed by atoms with Crippen molar-refractivity contribution in [3.05, 3.63) is 63.9 Å². The molecule has 0 saturated heterocycles. The predicted molar refractivity (Wildman–Crippen MR) is 73.8 cm³/mol. The first-order valence-electron chi connectivity index (χ1n) is 5.66. The van der Waals surface area contributed by atoms with Gasteiger partial charge in [0.1, 0.15) is 5.69 Å². The molecule has 0 unspecified atom stereocenters. The zero-order valence-corrected chi connectivity index (χ0v) is 11.6. The lowest BCUT2D eigenvalue weighted by Crippen LogP contribution is -2.03. The lowest BCUT2D eigenvalue weighted by molar-refractivity contribution is 0.0688. The van der Waals surface area contributed by atoms with Crippen LogP contribution in [0, 0.1) is 0 Å². The van der Waals surface area contributed by atoms with Crippen molar-refractivity contribution in [2.75, 3.05) is 0 Å². The molecular formula is C14H12BrNO3. The number of nitrogens with zero attached hydrogens (tertiary/aromatic N) is 1. The van der Waals surface area contributed by atoms with E-state index >= 15 is 0 Å². The molecule has 98 valence electrons. The third-order valence-corrected chi connectivity index (χ3v) is 2.99. The lowest BCUT2D eigenvalue weighted by atomic mass is 10.2. The topological polar surface area (TPSA) is 59.4 Å². The largest absolute Gasteiger partial charge is 0.477 e. The molecule has 5 heteroatoms. The van der Waals surface area contributed by atoms with Gasteiger partial charge in [0.05, 0.1) is 18.9 Å². The third-order valence-electron chi connectivity index (χ3n) is 2.46. The molecule has 0 bridgehead atoms. The summed E-state index contributed by atoms with van der Waals surface area (Å²) in [5.41, 5.74) is 1.69. The summed E-state index contributed by atoms with van der Waals surface area (Å²) in [6.45, 7) is 0.753. The maximum Gasteiger partial charge on any atom is 0.354 e. The molecule has 0 aliphatic heterocycles. The summed E-state index contributed by atoms with van der Waals surface area (Å²) in [4.78, 5) is 14.8. The first-order valence-corrected chi connectivity index (χ1v) is 6.46. The summed E-state index contributed by atoms with van der Waals surface area (Å²) in [6, 6.07) is 12.7. The summed E-state index contributed by atoms with van der Waals surface area (Å²) in [5.74, 6) is -1.03. The molecule has 0 atom stereocenters. The van der Waals surface area contributed by atoms with Crippen molar-refractivity contribution in [3.8, 4) is 0 Å². The number of carboxylic acid groups (broad SMARTS) is 1. The van der Waals surface area contributed by atoms with Gasteiger partial charge in [-0.1, -0.05) is 34.1 Å². The van der Waals surface area contributed by atoms with Gasteiger partial charge in [0.15, 0.2) is 0 Å². The molecule has 0 saturated carbocycles. The second-order valence-electron chi connectivity index (χ2n) is 3.94. The van der Waals surface area contributed by atoms with Gasteiger partial charge in [-0.3, -0.25) is 0 Å². The van der Waals surface area contributed by atoms with Crippen LogP contribution in [-0.2, 0) is 18.0 Å². The number of aromatic nitrogens is 1. The van der Waals surface area contributed by atoms with Gasteiger partial charge >= 0.3 is 5.97 Å². The van der Waals surface area contributed by atoms with Gasteiger partial charge in [-0.05, 0) is 29.8 Å². The molecule has 2 aromatic rings. The highest BCUT2D eigenvalue weighted by molar-refractivity contribution is 9.10. The van der Waals surface area contributed by atoms with E-state index in [1.54, 1.807) is 12.1 Å². The molecular weight excluding hydrogens is 310 g/mol. The predicted octanol–water partition coefficient (Wildman–Crippen LogP) is 3.26. The van der Waals surface area contributed by atoms with Gasteiger partial charge in [0, 0.05) is 4.47 Å². The van der Waals surface area contributed by atoms with Crippen molar-refractivity contribution in [2.24, 2.45) is 0 Å². The van der Waals surface area contributed by atoms with E-state index in [1.165, 1.54) is 6.07 Å². The summed E-state index contributed by atoms with van der Waals surface area (Å²) in [5, 5.41) is 8.83. The number of carbonyl (C=O) groups is 1. The van der Waals surface area contributed by atoms with E-state index in [-0.39, 0.29) is 12.3 Å². The minimum Gasteiger partial charge on any atom is -0.477 e. The number of benzene rings is 1. The summed E-state index contributed by atoms with van der Waals surface area (Å²) in [6.07, 6.45) is 0. The molecule has 1 aromatic carbocycles. The van der Waals surface area contributed by atoms with E-state index < -0.39 is 5.97 Å². The van der Waals surface area contributed by atoms with Crippen LogP contribution in [0.1, 0.15) is 21.7 Å². The minimum atomic E-state index is -1.03. The molecule has 1 heterocycles. The molecule has 0 radical (unpaired) electrons. The zero-order valence-electron chi connectivity index (χ0n) is 10.0. The van der Waals surface area contributed by atoms with Gasteiger partial charge in [-0.2, -0.15) is 0 Å². The van der Waals surface area contributed by atoms with E-state index in [1.807, 2.05) is 24.3 Å². The first-order chi connectivity index (χ1) is 9.15. The average molecular weight is 322 g/mol. The third kappa shape index (κ3) is 4.15. The maximum absolute atomic E-state index is 10.8. The highest BCUT2D eigenvalue weighted by atomic mass is 79.9. The van der Waals surface area contributed by atoms with Crippen LogP contribution < -0.4 is 0 Å². The van der Waals surface area contributed by atoms with E-state index in [2.05, 4.69) is 20.9 Å². The van der Waals surface area contributed by atoms with E-state index in [9.17, 15) is 4.79 Å². The van der Waals surface area contributed by atoms with Crippen LogP contribution in [0.25, 0.3) is 0 Å².